The molecule has 14 rings (SSSR count). The van der Waals surface area contributed by atoms with Crippen LogP contribution >= 0.6 is 0 Å². The minimum Gasteiger partial charge on any atom is -0.292 e. The van der Waals surface area contributed by atoms with Crippen LogP contribution in [0.5, 0.6) is 0 Å². The first-order chi connectivity index (χ1) is 34.6. The monoisotopic (exact) mass is 892 g/mol. The fraction of sp³-hybridized carbons (Fsp3) is 0. The van der Waals surface area contributed by atoms with Gasteiger partial charge in [0, 0.05) is 32.3 Å². The van der Waals surface area contributed by atoms with Gasteiger partial charge < -0.3 is 0 Å². The number of benzene rings is 10. The van der Waals surface area contributed by atoms with Crippen molar-refractivity contribution in [3.63, 3.8) is 0 Å². The van der Waals surface area contributed by atoms with Crippen LogP contribution in [0.4, 0.5) is 0 Å². The fourth-order valence-electron chi connectivity index (χ4n) is 10.2. The Morgan fingerprint density at radius 3 is 1.01 bits per heavy atom. The Bertz CT molecular complexity index is 4130. The first-order valence-corrected chi connectivity index (χ1v) is 23.0. The standard InChI is InChI=1S/2C31H18N4/c2*32-18-20-8-7-9-21(16-20)26-17-27-31(25-13-2-1-10-22(25)26)34-30(19-33-27)35-28-14-5-3-11-23(28)24-12-4-6-15-29(24)35/h2*1-17,19H. The highest BCUT2D eigenvalue weighted by atomic mass is 15.1. The summed E-state index contributed by atoms with van der Waals surface area (Å²) < 4.78 is 4.38. The Morgan fingerprint density at radius 1 is 0.329 bits per heavy atom. The van der Waals surface area contributed by atoms with E-state index in [4.69, 9.17) is 19.9 Å². The van der Waals surface area contributed by atoms with Gasteiger partial charge in [-0.3, -0.25) is 19.1 Å². The Balaban J connectivity index is 0.000000137. The van der Waals surface area contributed by atoms with E-state index < -0.39 is 0 Å². The number of nitrogens with zero attached hydrogens (tertiary/aromatic N) is 8. The summed E-state index contributed by atoms with van der Waals surface area (Å²) in [5, 5.41) is 27.8. The maximum absolute atomic E-state index is 9.39. The summed E-state index contributed by atoms with van der Waals surface area (Å²) in [6, 6.07) is 74.3. The van der Waals surface area contributed by atoms with E-state index in [1.165, 1.54) is 21.5 Å². The van der Waals surface area contributed by atoms with Gasteiger partial charge in [-0.2, -0.15) is 10.5 Å². The average molecular weight is 893 g/mol. The van der Waals surface area contributed by atoms with E-state index in [9.17, 15) is 10.5 Å². The highest BCUT2D eigenvalue weighted by molar-refractivity contribution is 6.14. The number of rotatable bonds is 4. The van der Waals surface area contributed by atoms with Gasteiger partial charge in [0.2, 0.25) is 0 Å². The van der Waals surface area contributed by atoms with Gasteiger partial charge in [-0.05, 0) is 93.7 Å². The second-order valence-electron chi connectivity index (χ2n) is 17.3. The molecule has 4 aromatic heterocycles. The van der Waals surface area contributed by atoms with E-state index >= 15 is 0 Å². The van der Waals surface area contributed by atoms with Gasteiger partial charge >= 0.3 is 0 Å². The Hall–Kier alpha value is -10.0. The lowest BCUT2D eigenvalue weighted by Crippen LogP contribution is -2.00. The van der Waals surface area contributed by atoms with E-state index in [1.54, 1.807) is 0 Å². The quantitative estimate of drug-likeness (QED) is 0.163. The van der Waals surface area contributed by atoms with Gasteiger partial charge in [-0.1, -0.05) is 146 Å². The summed E-state index contributed by atoms with van der Waals surface area (Å²) in [4.78, 5) is 20.1. The molecule has 0 N–H and O–H groups in total. The lowest BCUT2D eigenvalue weighted by molar-refractivity contribution is 1.08. The van der Waals surface area contributed by atoms with Crippen molar-refractivity contribution in [1.29, 1.82) is 10.5 Å². The van der Waals surface area contributed by atoms with Crippen LogP contribution in [0.15, 0.2) is 219 Å². The SMILES string of the molecule is N#Cc1cccc(-c2cc3ncc(-n4c5ccccc5c5ccccc54)nc3c3ccccc23)c1.N#Cc1cccc(-c2cc3ncc(-n4c5ccccc5c5ccccc54)nc3c3ccccc23)c1. The van der Waals surface area contributed by atoms with Crippen molar-refractivity contribution in [2.45, 2.75) is 0 Å². The van der Waals surface area contributed by atoms with E-state index in [1.807, 2.05) is 85.2 Å². The molecule has 0 saturated carbocycles. The van der Waals surface area contributed by atoms with Crippen LogP contribution in [-0.2, 0) is 0 Å². The molecule has 0 aliphatic heterocycles. The van der Waals surface area contributed by atoms with E-state index in [-0.39, 0.29) is 0 Å². The van der Waals surface area contributed by atoms with Crippen LogP contribution in [0.3, 0.4) is 0 Å². The third-order valence-corrected chi connectivity index (χ3v) is 13.3. The van der Waals surface area contributed by atoms with Crippen LogP contribution in [0.25, 0.3) is 121 Å². The van der Waals surface area contributed by atoms with E-state index in [0.717, 1.165) is 99.6 Å². The maximum atomic E-state index is 9.39. The lowest BCUT2D eigenvalue weighted by Gasteiger charge is -2.12. The van der Waals surface area contributed by atoms with E-state index in [2.05, 4.69) is 155 Å². The van der Waals surface area contributed by atoms with Crippen molar-refractivity contribution in [2.24, 2.45) is 0 Å². The van der Waals surface area contributed by atoms with Gasteiger partial charge in [0.05, 0.1) is 79.8 Å². The summed E-state index contributed by atoms with van der Waals surface area (Å²) in [5.41, 5.74) is 13.2. The molecule has 0 amide bonds. The minimum atomic E-state index is 0.638. The van der Waals surface area contributed by atoms with Crippen LogP contribution in [0.2, 0.25) is 0 Å². The smallest absolute Gasteiger partial charge is 0.156 e. The van der Waals surface area contributed by atoms with Gasteiger partial charge in [-0.25, -0.2) is 9.97 Å². The first kappa shape index (κ1) is 40.3. The van der Waals surface area contributed by atoms with Crippen LogP contribution in [-0.4, -0.2) is 29.1 Å². The van der Waals surface area contributed by atoms with Crippen LogP contribution < -0.4 is 0 Å². The fourth-order valence-corrected chi connectivity index (χ4v) is 10.2. The molecule has 0 atom stereocenters. The number of fused-ring (bicyclic) bond motifs is 12. The molecule has 0 unspecified atom stereocenters. The zero-order chi connectivity index (χ0) is 46.7. The van der Waals surface area contributed by atoms with Crippen molar-refractivity contribution < 1.29 is 0 Å². The number of hydrogen-bond donors (Lipinski definition) is 0. The number of nitriles is 2. The van der Waals surface area contributed by atoms with Crippen molar-refractivity contribution in [1.82, 2.24) is 29.1 Å². The molecule has 0 fully saturated rings. The van der Waals surface area contributed by atoms with Crippen molar-refractivity contribution >= 4 is 87.2 Å². The van der Waals surface area contributed by atoms with E-state index in [0.29, 0.717) is 11.1 Å². The third kappa shape index (κ3) is 6.52. The molecule has 0 spiro atoms. The Morgan fingerprint density at radius 2 is 0.657 bits per heavy atom. The molecule has 0 bridgehead atoms. The second-order valence-corrected chi connectivity index (χ2v) is 17.3. The minimum absolute atomic E-state index is 0.638. The second kappa shape index (κ2) is 16.4. The van der Waals surface area contributed by atoms with Gasteiger partial charge in [-0.15, -0.1) is 0 Å². The predicted molar refractivity (Wildman–Crippen MR) is 283 cm³/mol. The number of aromatic nitrogens is 6. The zero-order valence-electron chi connectivity index (χ0n) is 37.4. The molecule has 10 aromatic carbocycles. The number of para-hydroxylation sites is 4. The molecule has 4 heterocycles. The number of hydrogen-bond acceptors (Lipinski definition) is 6. The Labute approximate surface area is 400 Å². The third-order valence-electron chi connectivity index (χ3n) is 13.3. The normalized spacial score (nSPS) is 11.4. The molecule has 0 aliphatic carbocycles. The molecular weight excluding hydrogens is 857 g/mol. The predicted octanol–water partition coefficient (Wildman–Crippen LogP) is 14.8. The van der Waals surface area contributed by atoms with Crippen molar-refractivity contribution in [3.8, 4) is 46.0 Å². The molecule has 14 aromatic rings. The summed E-state index contributed by atoms with van der Waals surface area (Å²) in [6.45, 7) is 0. The van der Waals surface area contributed by atoms with Crippen LogP contribution in [0.1, 0.15) is 11.1 Å². The molecule has 324 valence electrons. The summed E-state index contributed by atoms with van der Waals surface area (Å²) in [7, 11) is 0. The van der Waals surface area contributed by atoms with Gasteiger partial charge in [0.25, 0.3) is 0 Å². The molecule has 0 aliphatic rings. The Kier molecular flexibility index (Phi) is 9.43. The average Bonchev–Trinajstić information content (AvgIpc) is 3.96. The van der Waals surface area contributed by atoms with Crippen molar-refractivity contribution in [2.75, 3.05) is 0 Å². The molecule has 0 saturated heterocycles. The summed E-state index contributed by atoms with van der Waals surface area (Å²) in [6.07, 6.45) is 3.71. The lowest BCUT2D eigenvalue weighted by atomic mass is 9.96. The molecule has 8 nitrogen and oxygen atoms in total. The molecule has 70 heavy (non-hydrogen) atoms. The maximum Gasteiger partial charge on any atom is 0.156 e. The summed E-state index contributed by atoms with van der Waals surface area (Å²) >= 11 is 0. The molecular formula is C62H36N8. The topological polar surface area (TPSA) is 109 Å². The largest absolute Gasteiger partial charge is 0.292 e. The first-order valence-electron chi connectivity index (χ1n) is 23.0. The zero-order valence-corrected chi connectivity index (χ0v) is 37.4. The highest BCUT2D eigenvalue weighted by Crippen LogP contribution is 2.38. The molecule has 8 heteroatoms. The highest BCUT2D eigenvalue weighted by Gasteiger charge is 2.18. The van der Waals surface area contributed by atoms with Crippen molar-refractivity contribution in [3.05, 3.63) is 230 Å². The van der Waals surface area contributed by atoms with Crippen LogP contribution in [0, 0.1) is 22.7 Å². The summed E-state index contributed by atoms with van der Waals surface area (Å²) in [5.74, 6) is 1.58. The van der Waals surface area contributed by atoms with Gasteiger partial charge in [0.15, 0.2) is 11.6 Å². The molecule has 0 radical (unpaired) electrons. The van der Waals surface area contributed by atoms with Gasteiger partial charge in [0.1, 0.15) is 0 Å².